The summed E-state index contributed by atoms with van der Waals surface area (Å²) in [5, 5.41) is 0. The van der Waals surface area contributed by atoms with Gasteiger partial charge in [0, 0.05) is 24.9 Å². The Hall–Kier alpha value is -1.61. The van der Waals surface area contributed by atoms with Crippen molar-refractivity contribution in [1.29, 1.82) is 0 Å². The van der Waals surface area contributed by atoms with Crippen LogP contribution >= 0.6 is 0 Å². The van der Waals surface area contributed by atoms with E-state index in [0.717, 1.165) is 30.6 Å². The molecule has 0 aromatic carbocycles. The number of carbonyl (C=O) groups excluding carboxylic acids is 1. The molecule has 0 rings (SSSR count). The molecule has 0 atom stereocenters. The van der Waals surface area contributed by atoms with E-state index in [1.165, 1.54) is 0 Å². The molecule has 0 heterocycles. The molecule has 3 heteroatoms. The third kappa shape index (κ3) is 6.79. The average molecular weight is 221 g/mol. The van der Waals surface area contributed by atoms with Gasteiger partial charge in [0.25, 0.3) is 0 Å². The summed E-state index contributed by atoms with van der Waals surface area (Å²) < 4.78 is 4.85. The quantitative estimate of drug-likeness (QED) is 0.541. The SMILES string of the molecule is CCCC#CN(C#CCCC)C(=O)OCC. The lowest BCUT2D eigenvalue weighted by molar-refractivity contribution is 0.137. The number of hydrogen-bond donors (Lipinski definition) is 0. The molecule has 0 saturated carbocycles. The molecule has 0 aliphatic carbocycles. The maximum absolute atomic E-state index is 11.4. The Balaban J connectivity index is 4.47. The Morgan fingerprint density at radius 3 is 1.94 bits per heavy atom. The van der Waals surface area contributed by atoms with Crippen molar-refractivity contribution < 1.29 is 9.53 Å². The van der Waals surface area contributed by atoms with Crippen LogP contribution in [0.1, 0.15) is 46.5 Å². The van der Waals surface area contributed by atoms with Gasteiger partial charge in [-0.3, -0.25) is 0 Å². The third-order valence-corrected chi connectivity index (χ3v) is 1.58. The molecular formula is C13H19NO2. The number of ether oxygens (including phenoxy) is 1. The summed E-state index contributed by atoms with van der Waals surface area (Å²) >= 11 is 0. The second-order valence-electron chi connectivity index (χ2n) is 3.11. The molecule has 0 aliphatic rings. The number of hydrogen-bond acceptors (Lipinski definition) is 2. The maximum Gasteiger partial charge on any atom is 0.433 e. The van der Waals surface area contributed by atoms with Gasteiger partial charge in [0.15, 0.2) is 0 Å². The fourth-order valence-electron chi connectivity index (χ4n) is 0.827. The minimum absolute atomic E-state index is 0.334. The highest BCUT2D eigenvalue weighted by molar-refractivity contribution is 5.72. The van der Waals surface area contributed by atoms with Crippen LogP contribution in [0.4, 0.5) is 4.79 Å². The van der Waals surface area contributed by atoms with Gasteiger partial charge in [0.1, 0.15) is 0 Å². The first-order chi connectivity index (χ1) is 7.76. The van der Waals surface area contributed by atoms with E-state index in [1.54, 1.807) is 6.92 Å². The first-order valence-electron chi connectivity index (χ1n) is 5.70. The minimum atomic E-state index is -0.491. The topological polar surface area (TPSA) is 29.5 Å². The molecule has 0 saturated heterocycles. The van der Waals surface area contributed by atoms with Crippen LogP contribution in [-0.2, 0) is 4.74 Å². The average Bonchev–Trinajstić information content (AvgIpc) is 2.28. The summed E-state index contributed by atoms with van der Waals surface area (Å²) in [5.41, 5.74) is 0. The second kappa shape index (κ2) is 9.93. The molecule has 0 radical (unpaired) electrons. The smallest absolute Gasteiger partial charge is 0.433 e. The molecule has 0 aliphatic heterocycles. The summed E-state index contributed by atoms with van der Waals surface area (Å²) in [5.74, 6) is 5.75. The van der Waals surface area contributed by atoms with Crippen molar-refractivity contribution in [1.82, 2.24) is 4.90 Å². The van der Waals surface area contributed by atoms with Crippen LogP contribution in [0, 0.1) is 23.9 Å². The van der Waals surface area contributed by atoms with Crippen molar-refractivity contribution >= 4 is 6.09 Å². The van der Waals surface area contributed by atoms with Crippen molar-refractivity contribution in [3.63, 3.8) is 0 Å². The van der Waals surface area contributed by atoms with Crippen LogP contribution in [0.3, 0.4) is 0 Å². The highest BCUT2D eigenvalue weighted by Gasteiger charge is 2.08. The molecule has 1 amide bonds. The molecule has 0 bridgehead atoms. The molecule has 0 aromatic rings. The van der Waals surface area contributed by atoms with Crippen LogP contribution in [-0.4, -0.2) is 17.6 Å². The van der Waals surface area contributed by atoms with E-state index in [0.29, 0.717) is 6.61 Å². The number of nitrogens with zero attached hydrogens (tertiary/aromatic N) is 1. The van der Waals surface area contributed by atoms with Crippen LogP contribution in [0.25, 0.3) is 0 Å². The number of unbranched alkanes of at least 4 members (excludes halogenated alkanes) is 2. The predicted molar refractivity (Wildman–Crippen MR) is 64.2 cm³/mol. The predicted octanol–water partition coefficient (Wildman–Crippen LogP) is 2.97. The normalized spacial score (nSPS) is 8.19. The van der Waals surface area contributed by atoms with Gasteiger partial charge in [-0.1, -0.05) is 25.7 Å². The van der Waals surface area contributed by atoms with Gasteiger partial charge < -0.3 is 4.74 Å². The van der Waals surface area contributed by atoms with Gasteiger partial charge in [0.2, 0.25) is 0 Å². The van der Waals surface area contributed by atoms with E-state index in [9.17, 15) is 4.79 Å². The number of carbonyl (C=O) groups is 1. The molecule has 0 N–H and O–H groups in total. The lowest BCUT2D eigenvalue weighted by atomic mass is 10.3. The molecule has 16 heavy (non-hydrogen) atoms. The van der Waals surface area contributed by atoms with Gasteiger partial charge in [-0.25, -0.2) is 4.79 Å². The minimum Gasteiger partial charge on any atom is -0.448 e. The number of rotatable bonds is 3. The van der Waals surface area contributed by atoms with E-state index in [4.69, 9.17) is 4.74 Å². The molecule has 0 unspecified atom stereocenters. The summed E-state index contributed by atoms with van der Waals surface area (Å²) in [4.78, 5) is 12.6. The summed E-state index contributed by atoms with van der Waals surface area (Å²) in [7, 11) is 0. The monoisotopic (exact) mass is 221 g/mol. The van der Waals surface area contributed by atoms with E-state index in [2.05, 4.69) is 23.9 Å². The van der Waals surface area contributed by atoms with Crippen molar-refractivity contribution in [3.8, 4) is 23.9 Å². The standard InChI is InChI=1S/C13H19NO2/c1-4-7-9-11-14(12-10-8-5-2)13(15)16-6-3/h4-8H2,1-3H3. The van der Waals surface area contributed by atoms with Crippen molar-refractivity contribution in [2.45, 2.75) is 46.5 Å². The van der Waals surface area contributed by atoms with E-state index in [1.807, 2.05) is 13.8 Å². The zero-order valence-corrected chi connectivity index (χ0v) is 10.3. The van der Waals surface area contributed by atoms with Crippen molar-refractivity contribution in [2.24, 2.45) is 0 Å². The Morgan fingerprint density at radius 1 is 1.06 bits per heavy atom. The zero-order chi connectivity index (χ0) is 12.2. The zero-order valence-electron chi connectivity index (χ0n) is 10.3. The van der Waals surface area contributed by atoms with Gasteiger partial charge >= 0.3 is 6.09 Å². The largest absolute Gasteiger partial charge is 0.448 e. The first-order valence-corrected chi connectivity index (χ1v) is 5.70. The molecule has 88 valence electrons. The van der Waals surface area contributed by atoms with Gasteiger partial charge in [0.05, 0.1) is 6.61 Å². The van der Waals surface area contributed by atoms with Crippen molar-refractivity contribution in [3.05, 3.63) is 0 Å². The Kier molecular flexibility index (Phi) is 8.93. The first kappa shape index (κ1) is 14.4. The van der Waals surface area contributed by atoms with Gasteiger partial charge in [-0.15, -0.1) is 0 Å². The second-order valence-corrected chi connectivity index (χ2v) is 3.11. The number of amides is 1. The Bertz CT molecular complexity index is 290. The lowest BCUT2D eigenvalue weighted by Gasteiger charge is -2.06. The molecule has 0 spiro atoms. The Labute approximate surface area is 98.2 Å². The molecule has 3 nitrogen and oxygen atoms in total. The highest BCUT2D eigenvalue weighted by Crippen LogP contribution is 1.92. The van der Waals surface area contributed by atoms with E-state index < -0.39 is 6.09 Å². The van der Waals surface area contributed by atoms with E-state index >= 15 is 0 Å². The Morgan fingerprint density at radius 2 is 1.56 bits per heavy atom. The fraction of sp³-hybridized carbons (Fsp3) is 0.615. The van der Waals surface area contributed by atoms with E-state index in [-0.39, 0.29) is 0 Å². The third-order valence-electron chi connectivity index (χ3n) is 1.58. The lowest BCUT2D eigenvalue weighted by Crippen LogP contribution is -2.22. The molecule has 0 aromatic heterocycles. The van der Waals surface area contributed by atoms with Gasteiger partial charge in [-0.05, 0) is 19.8 Å². The van der Waals surface area contributed by atoms with Gasteiger partial charge in [-0.2, -0.15) is 4.90 Å². The maximum atomic E-state index is 11.4. The molecular weight excluding hydrogens is 202 g/mol. The summed E-state index contributed by atoms with van der Waals surface area (Å²) in [6.45, 7) is 6.16. The van der Waals surface area contributed by atoms with Crippen LogP contribution in [0.2, 0.25) is 0 Å². The molecule has 0 fully saturated rings. The van der Waals surface area contributed by atoms with Crippen molar-refractivity contribution in [2.75, 3.05) is 6.61 Å². The van der Waals surface area contributed by atoms with Crippen LogP contribution in [0.15, 0.2) is 0 Å². The fourth-order valence-corrected chi connectivity index (χ4v) is 0.827. The summed E-state index contributed by atoms with van der Waals surface area (Å²) in [6.07, 6.45) is 2.95. The van der Waals surface area contributed by atoms with Crippen LogP contribution in [0.5, 0.6) is 0 Å². The highest BCUT2D eigenvalue weighted by atomic mass is 16.5. The van der Waals surface area contributed by atoms with Crippen LogP contribution < -0.4 is 0 Å². The summed E-state index contributed by atoms with van der Waals surface area (Å²) in [6, 6.07) is 5.40.